The third-order valence-electron chi connectivity index (χ3n) is 6.14. The fourth-order valence-corrected chi connectivity index (χ4v) is 3.96. The number of benzene rings is 2. The topological polar surface area (TPSA) is 151 Å². The first kappa shape index (κ1) is 29.9. The van der Waals surface area contributed by atoms with Crippen LogP contribution in [0.1, 0.15) is 31.4 Å². The van der Waals surface area contributed by atoms with Crippen LogP contribution in [-0.4, -0.2) is 58.7 Å². The second-order valence-corrected chi connectivity index (χ2v) is 9.37. The summed E-state index contributed by atoms with van der Waals surface area (Å²) >= 11 is 4.20. The van der Waals surface area contributed by atoms with Crippen LogP contribution in [0, 0.1) is 5.92 Å². The second kappa shape index (κ2) is 15.0. The number of carbonyl (C=O) groups excluding carboxylic acids is 3. The number of carboxylic acids is 1. The first-order chi connectivity index (χ1) is 17.7. The van der Waals surface area contributed by atoms with E-state index in [-0.39, 0.29) is 18.1 Å². The van der Waals surface area contributed by atoms with Crippen LogP contribution < -0.4 is 21.7 Å². The van der Waals surface area contributed by atoms with Crippen molar-refractivity contribution < 1.29 is 24.3 Å². The highest BCUT2D eigenvalue weighted by atomic mass is 32.1. The van der Waals surface area contributed by atoms with E-state index >= 15 is 0 Å². The Hall–Kier alpha value is -3.37. The minimum Gasteiger partial charge on any atom is -0.480 e. The molecule has 0 saturated carbocycles. The number of carbonyl (C=O) groups is 4. The Morgan fingerprint density at radius 2 is 1.30 bits per heavy atom. The number of nitrogens with one attached hydrogen (secondary N) is 3. The van der Waals surface area contributed by atoms with Crippen molar-refractivity contribution in [2.24, 2.45) is 11.7 Å². The van der Waals surface area contributed by atoms with Gasteiger partial charge in [0.05, 0.1) is 6.04 Å². The standard InChI is InChI=1S/C27H36N4O5S/c1-3-17(2)23(27(35)36)31-25(33)21(15-19-12-8-5-9-13-19)29-26(34)22(16-37)30-24(32)20(28)14-18-10-6-4-7-11-18/h4-13,17,20-23,37H,3,14-16,28H2,1-2H3,(H,29,34)(H,30,32)(H,31,33)(H,35,36). The summed E-state index contributed by atoms with van der Waals surface area (Å²) in [7, 11) is 0. The van der Waals surface area contributed by atoms with E-state index in [1.165, 1.54) is 0 Å². The van der Waals surface area contributed by atoms with Crippen molar-refractivity contribution in [3.8, 4) is 0 Å². The third kappa shape index (κ3) is 9.55. The molecule has 0 aliphatic heterocycles. The molecular weight excluding hydrogens is 492 g/mol. The first-order valence-corrected chi connectivity index (χ1v) is 12.9. The Balaban J connectivity index is 2.13. The average molecular weight is 529 g/mol. The van der Waals surface area contributed by atoms with Crippen LogP contribution in [-0.2, 0) is 32.0 Å². The van der Waals surface area contributed by atoms with E-state index in [0.29, 0.717) is 12.8 Å². The van der Waals surface area contributed by atoms with E-state index in [1.54, 1.807) is 31.2 Å². The monoisotopic (exact) mass is 528 g/mol. The minimum absolute atomic E-state index is 0.0279. The van der Waals surface area contributed by atoms with Gasteiger partial charge >= 0.3 is 5.97 Å². The van der Waals surface area contributed by atoms with E-state index < -0.39 is 47.9 Å². The first-order valence-electron chi connectivity index (χ1n) is 12.2. The number of aliphatic carboxylic acids is 1. The van der Waals surface area contributed by atoms with Gasteiger partial charge in [-0.3, -0.25) is 14.4 Å². The zero-order valence-electron chi connectivity index (χ0n) is 21.1. The zero-order valence-corrected chi connectivity index (χ0v) is 22.0. The van der Waals surface area contributed by atoms with Gasteiger partial charge in [0, 0.05) is 12.2 Å². The number of carboxylic acid groups (broad SMARTS) is 1. The molecule has 0 heterocycles. The maximum atomic E-state index is 13.1. The average Bonchev–Trinajstić information content (AvgIpc) is 2.90. The molecular formula is C27H36N4O5S. The smallest absolute Gasteiger partial charge is 0.326 e. The molecule has 3 amide bonds. The summed E-state index contributed by atoms with van der Waals surface area (Å²) in [6.07, 6.45) is 0.967. The highest BCUT2D eigenvalue weighted by molar-refractivity contribution is 7.80. The Morgan fingerprint density at radius 1 is 0.811 bits per heavy atom. The quantitative estimate of drug-likeness (QED) is 0.204. The van der Waals surface area contributed by atoms with Crippen LogP contribution >= 0.6 is 12.6 Å². The van der Waals surface area contributed by atoms with E-state index in [0.717, 1.165) is 11.1 Å². The lowest BCUT2D eigenvalue weighted by atomic mass is 9.98. The predicted molar refractivity (Wildman–Crippen MR) is 145 cm³/mol. The van der Waals surface area contributed by atoms with Crippen molar-refractivity contribution in [1.82, 2.24) is 16.0 Å². The Kier molecular flexibility index (Phi) is 12.1. The lowest BCUT2D eigenvalue weighted by Gasteiger charge is -2.26. The molecule has 5 atom stereocenters. The summed E-state index contributed by atoms with van der Waals surface area (Å²) in [5.74, 6) is -3.27. The van der Waals surface area contributed by atoms with E-state index in [9.17, 15) is 24.3 Å². The van der Waals surface area contributed by atoms with Crippen molar-refractivity contribution in [3.63, 3.8) is 0 Å². The summed E-state index contributed by atoms with van der Waals surface area (Å²) in [5.41, 5.74) is 7.69. The van der Waals surface area contributed by atoms with Crippen molar-refractivity contribution in [1.29, 1.82) is 0 Å². The van der Waals surface area contributed by atoms with Gasteiger partial charge in [-0.25, -0.2) is 4.79 Å². The molecule has 0 radical (unpaired) electrons. The fourth-order valence-electron chi connectivity index (χ4n) is 3.70. The Morgan fingerprint density at radius 3 is 1.78 bits per heavy atom. The summed E-state index contributed by atoms with van der Waals surface area (Å²) in [4.78, 5) is 50.6. The fraction of sp³-hybridized carbons (Fsp3) is 0.407. The molecule has 6 N–H and O–H groups in total. The van der Waals surface area contributed by atoms with E-state index in [4.69, 9.17) is 5.73 Å². The number of amides is 3. The van der Waals surface area contributed by atoms with Crippen molar-refractivity contribution >= 4 is 36.3 Å². The summed E-state index contributed by atoms with van der Waals surface area (Å²) < 4.78 is 0. The number of hydrogen-bond donors (Lipinski definition) is 6. The summed E-state index contributed by atoms with van der Waals surface area (Å²) in [5, 5.41) is 17.4. The molecule has 5 unspecified atom stereocenters. The van der Waals surface area contributed by atoms with Crippen LogP contribution in [0.4, 0.5) is 0 Å². The van der Waals surface area contributed by atoms with Crippen LogP contribution in [0.3, 0.4) is 0 Å². The van der Waals surface area contributed by atoms with E-state index in [1.807, 2.05) is 43.3 Å². The number of hydrogen-bond acceptors (Lipinski definition) is 6. The summed E-state index contributed by atoms with van der Waals surface area (Å²) in [6, 6.07) is 14.2. The molecule has 2 rings (SSSR count). The molecule has 9 nitrogen and oxygen atoms in total. The van der Waals surface area contributed by atoms with Crippen LogP contribution in [0.2, 0.25) is 0 Å². The molecule has 0 bridgehead atoms. The summed E-state index contributed by atoms with van der Waals surface area (Å²) in [6.45, 7) is 3.56. The van der Waals surface area contributed by atoms with Gasteiger partial charge in [0.25, 0.3) is 0 Å². The maximum Gasteiger partial charge on any atom is 0.326 e. The van der Waals surface area contributed by atoms with Crippen LogP contribution in [0.25, 0.3) is 0 Å². The predicted octanol–water partition coefficient (Wildman–Crippen LogP) is 1.31. The minimum atomic E-state index is -1.15. The molecule has 0 aromatic heterocycles. The van der Waals surface area contributed by atoms with Gasteiger partial charge in [-0.2, -0.15) is 12.6 Å². The molecule has 2 aromatic carbocycles. The Labute approximate surface area is 223 Å². The molecule has 200 valence electrons. The highest BCUT2D eigenvalue weighted by Gasteiger charge is 2.31. The van der Waals surface area contributed by atoms with Gasteiger partial charge in [0.1, 0.15) is 18.1 Å². The molecule has 0 aliphatic carbocycles. The SMILES string of the molecule is CCC(C)C(NC(=O)C(Cc1ccccc1)NC(=O)C(CS)NC(=O)C(N)Cc1ccccc1)C(=O)O. The molecule has 0 fully saturated rings. The number of rotatable bonds is 14. The molecule has 37 heavy (non-hydrogen) atoms. The van der Waals surface area contributed by atoms with Gasteiger partial charge in [0.15, 0.2) is 0 Å². The molecule has 0 aliphatic rings. The molecule has 0 spiro atoms. The lowest BCUT2D eigenvalue weighted by molar-refractivity contribution is -0.143. The van der Waals surface area contributed by atoms with Gasteiger partial charge in [-0.15, -0.1) is 0 Å². The van der Waals surface area contributed by atoms with Crippen molar-refractivity contribution in [2.45, 2.75) is 57.3 Å². The molecule has 0 saturated heterocycles. The van der Waals surface area contributed by atoms with Crippen LogP contribution in [0.5, 0.6) is 0 Å². The van der Waals surface area contributed by atoms with E-state index in [2.05, 4.69) is 28.6 Å². The second-order valence-electron chi connectivity index (χ2n) is 9.00. The number of nitrogens with two attached hydrogens (primary N) is 1. The van der Waals surface area contributed by atoms with Crippen LogP contribution in [0.15, 0.2) is 60.7 Å². The molecule has 2 aromatic rings. The zero-order chi connectivity index (χ0) is 27.4. The van der Waals surface area contributed by atoms with Gasteiger partial charge in [-0.05, 0) is 23.5 Å². The normalized spacial score (nSPS) is 14.9. The molecule has 10 heteroatoms. The largest absolute Gasteiger partial charge is 0.480 e. The van der Waals surface area contributed by atoms with Gasteiger partial charge in [-0.1, -0.05) is 80.9 Å². The van der Waals surface area contributed by atoms with Crippen molar-refractivity contribution in [2.75, 3.05) is 5.75 Å². The van der Waals surface area contributed by atoms with Gasteiger partial charge in [0.2, 0.25) is 17.7 Å². The lowest BCUT2D eigenvalue weighted by Crippen LogP contribution is -2.58. The highest BCUT2D eigenvalue weighted by Crippen LogP contribution is 2.10. The van der Waals surface area contributed by atoms with Crippen molar-refractivity contribution in [3.05, 3.63) is 71.8 Å². The maximum absolute atomic E-state index is 13.1. The number of thiol groups is 1. The Bertz CT molecular complexity index is 1040. The van der Waals surface area contributed by atoms with Gasteiger partial charge < -0.3 is 26.8 Å². The third-order valence-corrected chi connectivity index (χ3v) is 6.51.